The molecule has 0 radical (unpaired) electrons. The van der Waals surface area contributed by atoms with Crippen molar-refractivity contribution in [3.05, 3.63) is 35.4 Å². The second kappa shape index (κ2) is 8.94. The molecule has 2 aromatic rings. The molecule has 0 aliphatic rings. The standard InChI is InChI=1S/C15H21N7O2S2/c1-19-13-12(8-17)14(22-15(21-13)25-7-6-16)20-9-10-2-4-11(5-3-10)26(18,23)24/h2-5,8,17H,6-7,9,16H2,1H3,(H2,18,23,24)(H2,19,20,21,22). The first-order valence-corrected chi connectivity index (χ1v) is 10.2. The molecule has 0 spiro atoms. The van der Waals surface area contributed by atoms with E-state index in [1.54, 1.807) is 19.2 Å². The second-order valence-electron chi connectivity index (χ2n) is 5.19. The number of primary sulfonamides is 1. The van der Waals surface area contributed by atoms with E-state index in [4.69, 9.17) is 16.3 Å². The molecule has 0 aliphatic heterocycles. The van der Waals surface area contributed by atoms with Crippen LogP contribution in [0.4, 0.5) is 11.6 Å². The molecule has 0 amide bonds. The smallest absolute Gasteiger partial charge is 0.238 e. The summed E-state index contributed by atoms with van der Waals surface area (Å²) >= 11 is 1.43. The number of aromatic nitrogens is 2. The molecule has 0 aliphatic carbocycles. The Kier molecular flexibility index (Phi) is 6.91. The van der Waals surface area contributed by atoms with E-state index in [2.05, 4.69) is 20.6 Å². The van der Waals surface area contributed by atoms with E-state index in [9.17, 15) is 8.42 Å². The Morgan fingerprint density at radius 3 is 2.42 bits per heavy atom. The molecule has 9 nitrogen and oxygen atoms in total. The van der Waals surface area contributed by atoms with Crippen molar-refractivity contribution in [3.8, 4) is 0 Å². The molecule has 7 N–H and O–H groups in total. The van der Waals surface area contributed by atoms with Crippen LogP contribution >= 0.6 is 11.8 Å². The molecule has 11 heteroatoms. The van der Waals surface area contributed by atoms with Crippen LogP contribution in [0.5, 0.6) is 0 Å². The highest BCUT2D eigenvalue weighted by atomic mass is 32.2. The van der Waals surface area contributed by atoms with Gasteiger partial charge in [0.25, 0.3) is 0 Å². The number of thioether (sulfide) groups is 1. The van der Waals surface area contributed by atoms with Gasteiger partial charge in [-0.15, -0.1) is 0 Å². The molecular formula is C15H21N7O2S2. The normalized spacial score (nSPS) is 11.2. The van der Waals surface area contributed by atoms with Crippen LogP contribution in [-0.2, 0) is 16.6 Å². The van der Waals surface area contributed by atoms with Gasteiger partial charge in [-0.25, -0.2) is 23.5 Å². The van der Waals surface area contributed by atoms with Crippen molar-refractivity contribution in [1.82, 2.24) is 9.97 Å². The molecule has 1 heterocycles. The molecular weight excluding hydrogens is 374 g/mol. The van der Waals surface area contributed by atoms with Crippen molar-refractivity contribution in [2.24, 2.45) is 10.9 Å². The first-order valence-electron chi connectivity index (χ1n) is 7.67. The Bertz CT molecular complexity index is 870. The highest BCUT2D eigenvalue weighted by molar-refractivity contribution is 7.99. The largest absolute Gasteiger partial charge is 0.372 e. The van der Waals surface area contributed by atoms with Crippen molar-refractivity contribution >= 4 is 39.6 Å². The van der Waals surface area contributed by atoms with Gasteiger partial charge in [0.1, 0.15) is 11.6 Å². The highest BCUT2D eigenvalue weighted by Crippen LogP contribution is 2.24. The number of hydrogen-bond donors (Lipinski definition) is 5. The van der Waals surface area contributed by atoms with Crippen molar-refractivity contribution < 1.29 is 8.42 Å². The number of rotatable bonds is 9. The predicted molar refractivity (Wildman–Crippen MR) is 104 cm³/mol. The zero-order valence-corrected chi connectivity index (χ0v) is 15.8. The van der Waals surface area contributed by atoms with Crippen LogP contribution in [0, 0.1) is 5.41 Å². The van der Waals surface area contributed by atoms with E-state index in [1.165, 1.54) is 30.1 Å². The quantitative estimate of drug-likeness (QED) is 0.237. The Labute approximate surface area is 156 Å². The van der Waals surface area contributed by atoms with Crippen LogP contribution in [0.1, 0.15) is 11.1 Å². The van der Waals surface area contributed by atoms with Crippen molar-refractivity contribution in [2.75, 3.05) is 30.0 Å². The van der Waals surface area contributed by atoms with Crippen molar-refractivity contribution in [3.63, 3.8) is 0 Å². The van der Waals surface area contributed by atoms with Gasteiger partial charge < -0.3 is 21.8 Å². The molecule has 0 saturated heterocycles. The van der Waals surface area contributed by atoms with Crippen LogP contribution in [0.25, 0.3) is 0 Å². The molecule has 0 bridgehead atoms. The Morgan fingerprint density at radius 1 is 1.23 bits per heavy atom. The van der Waals surface area contributed by atoms with Gasteiger partial charge in [-0.05, 0) is 17.7 Å². The van der Waals surface area contributed by atoms with Gasteiger partial charge in [0, 0.05) is 32.1 Å². The van der Waals surface area contributed by atoms with Gasteiger partial charge >= 0.3 is 0 Å². The molecule has 1 aromatic carbocycles. The molecule has 1 aromatic heterocycles. The van der Waals surface area contributed by atoms with Crippen LogP contribution in [0.2, 0.25) is 0 Å². The third-order valence-electron chi connectivity index (χ3n) is 3.37. The van der Waals surface area contributed by atoms with E-state index in [0.717, 1.165) is 5.56 Å². The average Bonchev–Trinajstić information content (AvgIpc) is 2.63. The zero-order chi connectivity index (χ0) is 19.2. The lowest BCUT2D eigenvalue weighted by Crippen LogP contribution is -2.12. The minimum absolute atomic E-state index is 0.0569. The summed E-state index contributed by atoms with van der Waals surface area (Å²) in [5, 5.41) is 19.4. The van der Waals surface area contributed by atoms with Gasteiger partial charge in [0.15, 0.2) is 5.16 Å². The number of nitrogens with one attached hydrogen (secondary N) is 3. The third-order valence-corrected chi connectivity index (χ3v) is 5.18. The Morgan fingerprint density at radius 2 is 1.88 bits per heavy atom. The molecule has 140 valence electrons. The fourth-order valence-electron chi connectivity index (χ4n) is 2.11. The van der Waals surface area contributed by atoms with E-state index >= 15 is 0 Å². The fourth-order valence-corrected chi connectivity index (χ4v) is 3.24. The van der Waals surface area contributed by atoms with Gasteiger partial charge in [0.2, 0.25) is 10.0 Å². The maximum Gasteiger partial charge on any atom is 0.238 e. The van der Waals surface area contributed by atoms with Crippen molar-refractivity contribution in [2.45, 2.75) is 16.6 Å². The maximum absolute atomic E-state index is 11.3. The molecule has 2 rings (SSSR count). The Balaban J connectivity index is 2.23. The summed E-state index contributed by atoms with van der Waals surface area (Å²) in [5.41, 5.74) is 6.90. The van der Waals surface area contributed by atoms with Gasteiger partial charge in [-0.2, -0.15) is 0 Å². The predicted octanol–water partition coefficient (Wildman–Crippen LogP) is 0.826. The summed E-state index contributed by atoms with van der Waals surface area (Å²) in [6.07, 6.45) is 1.18. The number of anilines is 2. The minimum atomic E-state index is -3.71. The number of hydrogen-bond acceptors (Lipinski definition) is 9. The van der Waals surface area contributed by atoms with E-state index < -0.39 is 10.0 Å². The minimum Gasteiger partial charge on any atom is -0.372 e. The summed E-state index contributed by atoms with van der Waals surface area (Å²) in [7, 11) is -1.99. The summed E-state index contributed by atoms with van der Waals surface area (Å²) in [6.45, 7) is 0.904. The monoisotopic (exact) mass is 395 g/mol. The highest BCUT2D eigenvalue weighted by Gasteiger charge is 2.13. The average molecular weight is 396 g/mol. The number of benzene rings is 1. The Hall–Kier alpha value is -2.21. The molecule has 0 saturated carbocycles. The van der Waals surface area contributed by atoms with Gasteiger partial charge in [0.05, 0.1) is 10.5 Å². The molecule has 0 fully saturated rings. The first kappa shape index (κ1) is 20.1. The summed E-state index contributed by atoms with van der Waals surface area (Å²) in [4.78, 5) is 8.86. The SMILES string of the molecule is CNc1nc(SCCN)nc(NCc2ccc(S(N)(=O)=O)cc2)c1C=N. The number of sulfonamides is 1. The first-order chi connectivity index (χ1) is 12.4. The molecule has 0 atom stereocenters. The lowest BCUT2D eigenvalue weighted by atomic mass is 10.2. The number of nitrogens with zero attached hydrogens (tertiary/aromatic N) is 2. The van der Waals surface area contributed by atoms with Crippen LogP contribution < -0.4 is 21.5 Å². The second-order valence-corrected chi connectivity index (χ2v) is 7.81. The fraction of sp³-hybridized carbons (Fsp3) is 0.267. The summed E-state index contributed by atoms with van der Waals surface area (Å²) < 4.78 is 22.6. The van der Waals surface area contributed by atoms with Crippen LogP contribution in [0.3, 0.4) is 0 Å². The van der Waals surface area contributed by atoms with Gasteiger partial charge in [-0.3, -0.25) is 0 Å². The van der Waals surface area contributed by atoms with Crippen LogP contribution in [0.15, 0.2) is 34.3 Å². The lowest BCUT2D eigenvalue weighted by molar-refractivity contribution is 0.598. The topological polar surface area (TPSA) is 160 Å². The van der Waals surface area contributed by atoms with Gasteiger partial charge in [-0.1, -0.05) is 23.9 Å². The summed E-state index contributed by atoms with van der Waals surface area (Å²) in [5.74, 6) is 1.73. The van der Waals surface area contributed by atoms with E-state index in [-0.39, 0.29) is 4.90 Å². The van der Waals surface area contributed by atoms with E-state index in [0.29, 0.717) is 41.2 Å². The zero-order valence-electron chi connectivity index (χ0n) is 14.2. The van der Waals surface area contributed by atoms with Crippen LogP contribution in [-0.4, -0.2) is 43.9 Å². The molecule has 0 unspecified atom stereocenters. The summed E-state index contributed by atoms with van der Waals surface area (Å²) in [6, 6.07) is 6.24. The lowest BCUT2D eigenvalue weighted by Gasteiger charge is -2.13. The van der Waals surface area contributed by atoms with E-state index in [1.807, 2.05) is 0 Å². The number of nitrogens with two attached hydrogens (primary N) is 2. The maximum atomic E-state index is 11.3. The third kappa shape index (κ3) is 5.14. The van der Waals surface area contributed by atoms with Crippen molar-refractivity contribution in [1.29, 1.82) is 5.41 Å². The molecule has 26 heavy (non-hydrogen) atoms.